The van der Waals surface area contributed by atoms with Crippen molar-refractivity contribution < 1.29 is 0 Å². The van der Waals surface area contributed by atoms with Crippen LogP contribution in [-0.4, -0.2) is 47.5 Å². The van der Waals surface area contributed by atoms with Gasteiger partial charge in [-0.3, -0.25) is 4.90 Å². The first-order chi connectivity index (χ1) is 8.19. The molecule has 1 aromatic rings. The van der Waals surface area contributed by atoms with E-state index in [1.54, 1.807) is 0 Å². The molecule has 1 fully saturated rings. The van der Waals surface area contributed by atoms with Gasteiger partial charge in [-0.25, -0.2) is 4.98 Å². The third-order valence-electron chi connectivity index (χ3n) is 3.61. The normalized spacial score (nSPS) is 19.0. The summed E-state index contributed by atoms with van der Waals surface area (Å²) in [6.45, 7) is 6.79. The van der Waals surface area contributed by atoms with E-state index in [0.717, 1.165) is 12.2 Å². The summed E-state index contributed by atoms with van der Waals surface area (Å²) in [7, 11) is 2.20. The molecule has 2 rings (SSSR count). The number of hydrogen-bond acceptors (Lipinski definition) is 5. The molecule has 0 amide bonds. The number of hydrogen-bond donors (Lipinski definition) is 1. The minimum atomic E-state index is 0.675. The van der Waals surface area contributed by atoms with Crippen LogP contribution in [0.1, 0.15) is 25.5 Å². The maximum atomic E-state index is 5.65. The Morgan fingerprint density at radius 1 is 1.53 bits per heavy atom. The Labute approximate surface area is 107 Å². The van der Waals surface area contributed by atoms with E-state index in [0.29, 0.717) is 11.2 Å². The maximum absolute atomic E-state index is 5.65. The Bertz CT molecular complexity index is 344. The summed E-state index contributed by atoms with van der Waals surface area (Å²) >= 11 is 1.53. The van der Waals surface area contributed by atoms with Crippen molar-refractivity contribution in [2.24, 2.45) is 0 Å². The molecule has 0 spiro atoms. The van der Waals surface area contributed by atoms with Crippen LogP contribution in [0.5, 0.6) is 0 Å². The first-order valence-corrected chi connectivity index (χ1v) is 7.19. The highest BCUT2D eigenvalue weighted by atomic mass is 32.1. The molecule has 17 heavy (non-hydrogen) atoms. The summed E-state index contributed by atoms with van der Waals surface area (Å²) in [5.74, 6) is 0. The van der Waals surface area contributed by atoms with Gasteiger partial charge < -0.3 is 10.6 Å². The standard InChI is InChI=1S/C12H22N4S/c1-3-16-6-4-11(5-7-16)15(2)8-10-9-17-12(13)14-10/h9,11H,3-8H2,1-2H3,(H2,13,14). The molecule has 2 heterocycles. The molecule has 4 nitrogen and oxygen atoms in total. The SMILES string of the molecule is CCN1CCC(N(C)Cc2csc(N)n2)CC1. The molecule has 1 aromatic heterocycles. The molecule has 0 unspecified atom stereocenters. The van der Waals surface area contributed by atoms with Gasteiger partial charge in [-0.05, 0) is 39.5 Å². The lowest BCUT2D eigenvalue weighted by Crippen LogP contribution is -2.42. The van der Waals surface area contributed by atoms with Crippen molar-refractivity contribution in [1.82, 2.24) is 14.8 Å². The summed E-state index contributed by atoms with van der Waals surface area (Å²) < 4.78 is 0. The first-order valence-electron chi connectivity index (χ1n) is 6.31. The number of piperidine rings is 1. The van der Waals surface area contributed by atoms with Crippen LogP contribution in [-0.2, 0) is 6.54 Å². The van der Waals surface area contributed by atoms with Crippen LogP contribution in [0.4, 0.5) is 5.13 Å². The van der Waals surface area contributed by atoms with Crippen LogP contribution in [0, 0.1) is 0 Å². The number of nitrogens with zero attached hydrogens (tertiary/aromatic N) is 3. The average molecular weight is 254 g/mol. The first kappa shape index (κ1) is 12.8. The smallest absolute Gasteiger partial charge is 0.180 e. The largest absolute Gasteiger partial charge is 0.375 e. The van der Waals surface area contributed by atoms with E-state index in [1.807, 2.05) is 0 Å². The van der Waals surface area contributed by atoms with Crippen molar-refractivity contribution in [3.63, 3.8) is 0 Å². The monoisotopic (exact) mass is 254 g/mol. The van der Waals surface area contributed by atoms with Crippen molar-refractivity contribution in [3.8, 4) is 0 Å². The fraction of sp³-hybridized carbons (Fsp3) is 0.750. The molecule has 0 atom stereocenters. The number of nitrogen functional groups attached to an aromatic ring is 1. The molecule has 0 aromatic carbocycles. The predicted octanol–water partition coefficient (Wildman–Crippen LogP) is 1.64. The Balaban J connectivity index is 1.82. The summed E-state index contributed by atoms with van der Waals surface area (Å²) in [6, 6.07) is 0.695. The van der Waals surface area contributed by atoms with Gasteiger partial charge in [0.2, 0.25) is 0 Å². The molecule has 5 heteroatoms. The number of thiazole rings is 1. The van der Waals surface area contributed by atoms with Gasteiger partial charge in [0.1, 0.15) is 0 Å². The minimum Gasteiger partial charge on any atom is -0.375 e. The number of likely N-dealkylation sites (tertiary alicyclic amines) is 1. The van der Waals surface area contributed by atoms with Gasteiger partial charge in [-0.1, -0.05) is 6.92 Å². The molecule has 1 aliphatic heterocycles. The number of rotatable bonds is 4. The third kappa shape index (κ3) is 3.40. The zero-order chi connectivity index (χ0) is 12.3. The van der Waals surface area contributed by atoms with Crippen LogP contribution in [0.2, 0.25) is 0 Å². The third-order valence-corrected chi connectivity index (χ3v) is 4.33. The molecule has 0 radical (unpaired) electrons. The highest BCUT2D eigenvalue weighted by molar-refractivity contribution is 7.13. The summed E-state index contributed by atoms with van der Waals surface area (Å²) in [4.78, 5) is 9.26. The fourth-order valence-corrected chi connectivity index (χ4v) is 3.01. The van der Waals surface area contributed by atoms with Crippen molar-refractivity contribution >= 4 is 16.5 Å². The van der Waals surface area contributed by atoms with Gasteiger partial charge in [-0.2, -0.15) is 0 Å². The Morgan fingerprint density at radius 2 is 2.24 bits per heavy atom. The summed E-state index contributed by atoms with van der Waals surface area (Å²) in [5, 5.41) is 2.74. The molecule has 96 valence electrons. The van der Waals surface area contributed by atoms with E-state index in [1.165, 1.54) is 43.8 Å². The molecule has 0 saturated carbocycles. The average Bonchev–Trinajstić information content (AvgIpc) is 2.75. The van der Waals surface area contributed by atoms with Crippen molar-refractivity contribution in [2.75, 3.05) is 32.4 Å². The minimum absolute atomic E-state index is 0.675. The van der Waals surface area contributed by atoms with E-state index >= 15 is 0 Å². The van der Waals surface area contributed by atoms with Crippen molar-refractivity contribution in [3.05, 3.63) is 11.1 Å². The Kier molecular flexibility index (Phi) is 4.36. The highest BCUT2D eigenvalue weighted by Crippen LogP contribution is 2.18. The molecular formula is C12H22N4S. The molecule has 1 aliphatic rings. The van der Waals surface area contributed by atoms with Crippen LogP contribution >= 0.6 is 11.3 Å². The van der Waals surface area contributed by atoms with Crippen LogP contribution in [0.25, 0.3) is 0 Å². The summed E-state index contributed by atoms with van der Waals surface area (Å²) in [6.07, 6.45) is 2.54. The topological polar surface area (TPSA) is 45.4 Å². The molecule has 1 saturated heterocycles. The summed E-state index contributed by atoms with van der Waals surface area (Å²) in [5.41, 5.74) is 6.76. The lowest BCUT2D eigenvalue weighted by molar-refractivity contribution is 0.126. The van der Waals surface area contributed by atoms with E-state index in [-0.39, 0.29) is 0 Å². The van der Waals surface area contributed by atoms with Gasteiger partial charge >= 0.3 is 0 Å². The van der Waals surface area contributed by atoms with Gasteiger partial charge in [0.15, 0.2) is 5.13 Å². The number of nitrogens with two attached hydrogens (primary N) is 1. The molecule has 0 bridgehead atoms. The highest BCUT2D eigenvalue weighted by Gasteiger charge is 2.21. The van der Waals surface area contributed by atoms with E-state index in [2.05, 4.69) is 34.1 Å². The maximum Gasteiger partial charge on any atom is 0.180 e. The van der Waals surface area contributed by atoms with E-state index in [4.69, 9.17) is 5.73 Å². The van der Waals surface area contributed by atoms with Crippen molar-refractivity contribution in [1.29, 1.82) is 0 Å². The molecule has 0 aliphatic carbocycles. The van der Waals surface area contributed by atoms with Gasteiger partial charge in [-0.15, -0.1) is 11.3 Å². The Hall–Kier alpha value is -0.650. The Morgan fingerprint density at radius 3 is 2.76 bits per heavy atom. The van der Waals surface area contributed by atoms with E-state index in [9.17, 15) is 0 Å². The lowest BCUT2D eigenvalue weighted by Gasteiger charge is -2.36. The number of anilines is 1. The second kappa shape index (κ2) is 5.80. The van der Waals surface area contributed by atoms with Crippen LogP contribution in [0.15, 0.2) is 5.38 Å². The lowest BCUT2D eigenvalue weighted by atomic mass is 10.0. The second-order valence-electron chi connectivity index (χ2n) is 4.76. The predicted molar refractivity (Wildman–Crippen MR) is 73.1 cm³/mol. The van der Waals surface area contributed by atoms with E-state index < -0.39 is 0 Å². The quantitative estimate of drug-likeness (QED) is 0.887. The fourth-order valence-electron chi connectivity index (χ4n) is 2.46. The van der Waals surface area contributed by atoms with Gasteiger partial charge in [0.25, 0.3) is 0 Å². The van der Waals surface area contributed by atoms with Crippen LogP contribution in [0.3, 0.4) is 0 Å². The molecular weight excluding hydrogens is 232 g/mol. The van der Waals surface area contributed by atoms with Gasteiger partial charge in [0, 0.05) is 18.0 Å². The van der Waals surface area contributed by atoms with Crippen LogP contribution < -0.4 is 5.73 Å². The van der Waals surface area contributed by atoms with Gasteiger partial charge in [0.05, 0.1) is 5.69 Å². The second-order valence-corrected chi connectivity index (χ2v) is 5.65. The molecule has 2 N–H and O–H groups in total. The number of aromatic nitrogens is 1. The zero-order valence-corrected chi connectivity index (χ0v) is 11.5. The zero-order valence-electron chi connectivity index (χ0n) is 10.7. The van der Waals surface area contributed by atoms with Crippen molar-refractivity contribution in [2.45, 2.75) is 32.4 Å².